The van der Waals surface area contributed by atoms with E-state index in [4.69, 9.17) is 14.6 Å². The fraction of sp³-hybridized carbons (Fsp3) is 0.455. The molecule has 1 aliphatic heterocycles. The molecule has 15 heavy (non-hydrogen) atoms. The van der Waals surface area contributed by atoms with Gasteiger partial charge in [0.15, 0.2) is 0 Å². The summed E-state index contributed by atoms with van der Waals surface area (Å²) in [6.45, 7) is 1.54. The van der Waals surface area contributed by atoms with Crippen LogP contribution in [0.15, 0.2) is 28.7 Å². The predicted molar refractivity (Wildman–Crippen MR) is 62.1 cm³/mol. The standard InChI is InChI=1S/C10H11BrO2.CH4O/c11-8-1-3-9(4-2-8)13-10-5-6-12-7-10;1-2/h1-4,10H,5-7H2;2H,1H3. The van der Waals surface area contributed by atoms with Crippen LogP contribution < -0.4 is 4.74 Å². The molecule has 1 N–H and O–H groups in total. The largest absolute Gasteiger partial charge is 0.488 e. The van der Waals surface area contributed by atoms with E-state index in [0.29, 0.717) is 0 Å². The van der Waals surface area contributed by atoms with Crippen LogP contribution in [0.2, 0.25) is 0 Å². The fourth-order valence-electron chi connectivity index (χ4n) is 1.31. The first-order valence-corrected chi connectivity index (χ1v) is 5.58. The van der Waals surface area contributed by atoms with E-state index in [1.165, 1.54) is 0 Å². The average molecular weight is 275 g/mol. The van der Waals surface area contributed by atoms with E-state index in [1.54, 1.807) is 0 Å². The molecule has 1 aromatic rings. The summed E-state index contributed by atoms with van der Waals surface area (Å²) in [6, 6.07) is 7.88. The Bertz CT molecular complexity index is 268. The molecule has 0 spiro atoms. The van der Waals surface area contributed by atoms with Crippen molar-refractivity contribution in [2.75, 3.05) is 20.3 Å². The number of ether oxygens (including phenoxy) is 2. The molecule has 1 fully saturated rings. The van der Waals surface area contributed by atoms with Gasteiger partial charge >= 0.3 is 0 Å². The van der Waals surface area contributed by atoms with Crippen molar-refractivity contribution in [3.8, 4) is 5.75 Å². The monoisotopic (exact) mass is 274 g/mol. The zero-order chi connectivity index (χ0) is 11.1. The normalized spacial score (nSPS) is 19.3. The summed E-state index contributed by atoms with van der Waals surface area (Å²) in [5.41, 5.74) is 0. The van der Waals surface area contributed by atoms with E-state index < -0.39 is 0 Å². The number of aliphatic hydroxyl groups is 1. The lowest BCUT2D eigenvalue weighted by Crippen LogP contribution is -2.15. The SMILES string of the molecule is Brc1ccc(OC2CCOC2)cc1.CO. The molecular weight excluding hydrogens is 260 g/mol. The first kappa shape index (κ1) is 12.5. The number of rotatable bonds is 2. The lowest BCUT2D eigenvalue weighted by molar-refractivity contribution is 0.141. The van der Waals surface area contributed by atoms with E-state index in [0.717, 1.165) is 37.0 Å². The molecule has 4 heteroatoms. The van der Waals surface area contributed by atoms with Gasteiger partial charge in [-0.05, 0) is 24.3 Å². The minimum atomic E-state index is 0.237. The van der Waals surface area contributed by atoms with Gasteiger partial charge in [-0.2, -0.15) is 0 Å². The van der Waals surface area contributed by atoms with Gasteiger partial charge in [-0.15, -0.1) is 0 Å². The number of hydrogen-bond acceptors (Lipinski definition) is 3. The summed E-state index contributed by atoms with van der Waals surface area (Å²) in [6.07, 6.45) is 1.23. The molecule has 84 valence electrons. The summed E-state index contributed by atoms with van der Waals surface area (Å²) < 4.78 is 12.0. The molecular formula is C11H15BrO3. The molecule has 3 nitrogen and oxygen atoms in total. The van der Waals surface area contributed by atoms with Crippen molar-refractivity contribution in [3.63, 3.8) is 0 Å². The predicted octanol–water partition coefficient (Wildman–Crippen LogP) is 2.23. The fourth-order valence-corrected chi connectivity index (χ4v) is 1.58. The molecule has 1 heterocycles. The second-order valence-electron chi connectivity index (χ2n) is 3.06. The highest BCUT2D eigenvalue weighted by Crippen LogP contribution is 2.19. The molecule has 1 saturated heterocycles. The van der Waals surface area contributed by atoms with Crippen molar-refractivity contribution < 1.29 is 14.6 Å². The third kappa shape index (κ3) is 4.20. The van der Waals surface area contributed by atoms with Crippen molar-refractivity contribution in [2.45, 2.75) is 12.5 Å². The van der Waals surface area contributed by atoms with Crippen LogP contribution in [-0.4, -0.2) is 31.5 Å². The molecule has 0 bridgehead atoms. The van der Waals surface area contributed by atoms with Crippen LogP contribution in [0.5, 0.6) is 5.75 Å². The van der Waals surface area contributed by atoms with E-state index in [2.05, 4.69) is 15.9 Å². The average Bonchev–Trinajstić information content (AvgIpc) is 2.77. The summed E-state index contributed by atoms with van der Waals surface area (Å²) in [7, 11) is 1.00. The molecule has 0 aromatic heterocycles. The highest BCUT2D eigenvalue weighted by Gasteiger charge is 2.16. The maximum atomic E-state index is 7.00. The van der Waals surface area contributed by atoms with Gasteiger partial charge in [-0.25, -0.2) is 0 Å². The smallest absolute Gasteiger partial charge is 0.124 e. The summed E-state index contributed by atoms with van der Waals surface area (Å²) >= 11 is 3.38. The Morgan fingerprint density at radius 1 is 1.33 bits per heavy atom. The van der Waals surface area contributed by atoms with Gasteiger partial charge in [0.1, 0.15) is 11.9 Å². The quantitative estimate of drug-likeness (QED) is 0.899. The lowest BCUT2D eigenvalue weighted by Gasteiger charge is -2.11. The van der Waals surface area contributed by atoms with Crippen molar-refractivity contribution >= 4 is 15.9 Å². The maximum Gasteiger partial charge on any atom is 0.124 e. The molecule has 1 unspecified atom stereocenters. The van der Waals surface area contributed by atoms with Gasteiger partial charge in [0.05, 0.1) is 13.2 Å². The molecule has 0 saturated carbocycles. The minimum absolute atomic E-state index is 0.237. The van der Waals surface area contributed by atoms with E-state index in [-0.39, 0.29) is 6.10 Å². The molecule has 0 radical (unpaired) electrons. The first-order chi connectivity index (χ1) is 7.34. The topological polar surface area (TPSA) is 38.7 Å². The van der Waals surface area contributed by atoms with Gasteiger partial charge in [-0.1, -0.05) is 15.9 Å². The first-order valence-electron chi connectivity index (χ1n) is 4.79. The second-order valence-corrected chi connectivity index (χ2v) is 3.97. The van der Waals surface area contributed by atoms with Crippen LogP contribution in [0, 0.1) is 0 Å². The van der Waals surface area contributed by atoms with Crippen LogP contribution in [-0.2, 0) is 4.74 Å². The minimum Gasteiger partial charge on any atom is -0.488 e. The van der Waals surface area contributed by atoms with Gasteiger partial charge in [-0.3, -0.25) is 0 Å². The highest BCUT2D eigenvalue weighted by atomic mass is 79.9. The second kappa shape index (κ2) is 6.82. The Morgan fingerprint density at radius 3 is 2.53 bits per heavy atom. The zero-order valence-corrected chi connectivity index (χ0v) is 10.2. The van der Waals surface area contributed by atoms with Crippen LogP contribution in [0.3, 0.4) is 0 Å². The Balaban J connectivity index is 0.000000531. The van der Waals surface area contributed by atoms with Crippen molar-refractivity contribution in [2.24, 2.45) is 0 Å². The Hall–Kier alpha value is -0.580. The van der Waals surface area contributed by atoms with Crippen LogP contribution in [0.4, 0.5) is 0 Å². The van der Waals surface area contributed by atoms with E-state index >= 15 is 0 Å². The number of aliphatic hydroxyl groups excluding tert-OH is 1. The van der Waals surface area contributed by atoms with Gasteiger partial charge in [0.2, 0.25) is 0 Å². The summed E-state index contributed by atoms with van der Waals surface area (Å²) in [5, 5.41) is 7.00. The lowest BCUT2D eigenvalue weighted by atomic mass is 10.3. The molecule has 2 rings (SSSR count). The van der Waals surface area contributed by atoms with E-state index in [1.807, 2.05) is 24.3 Å². The van der Waals surface area contributed by atoms with Crippen molar-refractivity contribution in [1.29, 1.82) is 0 Å². The Morgan fingerprint density at radius 2 is 2.00 bits per heavy atom. The van der Waals surface area contributed by atoms with Gasteiger partial charge < -0.3 is 14.6 Å². The Labute approximate surface area is 98.1 Å². The zero-order valence-electron chi connectivity index (χ0n) is 8.65. The molecule has 1 atom stereocenters. The third-order valence-corrected chi connectivity index (χ3v) is 2.53. The summed E-state index contributed by atoms with van der Waals surface area (Å²) in [4.78, 5) is 0. The third-order valence-electron chi connectivity index (χ3n) is 2.00. The summed E-state index contributed by atoms with van der Waals surface area (Å²) in [5.74, 6) is 0.915. The van der Waals surface area contributed by atoms with Gasteiger partial charge in [0.25, 0.3) is 0 Å². The molecule has 0 aliphatic carbocycles. The van der Waals surface area contributed by atoms with Crippen molar-refractivity contribution in [3.05, 3.63) is 28.7 Å². The molecule has 1 aromatic carbocycles. The Kier molecular flexibility index (Phi) is 5.68. The maximum absolute atomic E-state index is 7.00. The van der Waals surface area contributed by atoms with Crippen LogP contribution in [0.25, 0.3) is 0 Å². The van der Waals surface area contributed by atoms with Crippen molar-refractivity contribution in [1.82, 2.24) is 0 Å². The molecule has 0 amide bonds. The number of hydrogen-bond donors (Lipinski definition) is 1. The van der Waals surface area contributed by atoms with Crippen LogP contribution in [0.1, 0.15) is 6.42 Å². The number of halogens is 1. The molecule has 1 aliphatic rings. The van der Waals surface area contributed by atoms with Crippen LogP contribution >= 0.6 is 15.9 Å². The van der Waals surface area contributed by atoms with E-state index in [9.17, 15) is 0 Å². The van der Waals surface area contributed by atoms with Gasteiger partial charge in [0, 0.05) is 18.0 Å². The highest BCUT2D eigenvalue weighted by molar-refractivity contribution is 9.10. The number of benzene rings is 1.